The van der Waals surface area contributed by atoms with E-state index in [0.29, 0.717) is 17.6 Å². The largest absolute Gasteiger partial charge is 0.328 e. The van der Waals surface area contributed by atoms with Gasteiger partial charge in [0.1, 0.15) is 0 Å². The molecule has 0 bridgehead atoms. The SMILES string of the molecule is O=C1C[C@H]2SC(c3nn[nH]n3)CN12. The third-order valence-corrected chi connectivity index (χ3v) is 3.77. The molecule has 0 aliphatic carbocycles. The van der Waals surface area contributed by atoms with Crippen LogP contribution in [-0.4, -0.2) is 43.3 Å². The highest BCUT2D eigenvalue weighted by Crippen LogP contribution is 2.46. The number of β-lactam (4-membered cyclic amide) rings is 1. The maximum absolute atomic E-state index is 11.1. The normalized spacial score (nSPS) is 31.7. The quantitative estimate of drug-likeness (QED) is 0.617. The third kappa shape index (κ3) is 0.963. The highest BCUT2D eigenvalue weighted by atomic mass is 32.2. The van der Waals surface area contributed by atoms with Crippen molar-refractivity contribution in [1.82, 2.24) is 25.5 Å². The van der Waals surface area contributed by atoms with Crippen LogP contribution in [0, 0.1) is 0 Å². The van der Waals surface area contributed by atoms with Crippen LogP contribution in [0.15, 0.2) is 0 Å². The lowest BCUT2D eigenvalue weighted by atomic mass is 10.2. The lowest BCUT2D eigenvalue weighted by Gasteiger charge is -2.32. The first-order chi connectivity index (χ1) is 6.34. The minimum atomic E-state index is 0.204. The molecule has 2 aliphatic heterocycles. The van der Waals surface area contributed by atoms with Crippen molar-refractivity contribution >= 4 is 17.7 Å². The Hall–Kier alpha value is -1.11. The second-order valence-electron chi connectivity index (χ2n) is 3.10. The number of carbonyl (C=O) groups excluding carboxylic acids is 1. The Balaban J connectivity index is 1.80. The zero-order valence-electron chi connectivity index (χ0n) is 6.67. The number of thioether (sulfide) groups is 1. The summed E-state index contributed by atoms with van der Waals surface area (Å²) in [7, 11) is 0. The van der Waals surface area contributed by atoms with Crippen LogP contribution in [0.2, 0.25) is 0 Å². The lowest BCUT2D eigenvalue weighted by molar-refractivity contribution is -0.140. The number of fused-ring (bicyclic) bond motifs is 1. The van der Waals surface area contributed by atoms with Gasteiger partial charge in [0.25, 0.3) is 0 Å². The van der Waals surface area contributed by atoms with Crippen LogP contribution in [0.25, 0.3) is 0 Å². The molecule has 0 aromatic carbocycles. The summed E-state index contributed by atoms with van der Waals surface area (Å²) in [6.45, 7) is 0.730. The molecule has 0 spiro atoms. The minimum absolute atomic E-state index is 0.204. The highest BCUT2D eigenvalue weighted by Gasteiger charge is 2.46. The molecule has 3 rings (SSSR count). The van der Waals surface area contributed by atoms with Gasteiger partial charge < -0.3 is 4.90 Å². The molecule has 1 unspecified atom stereocenters. The van der Waals surface area contributed by atoms with Gasteiger partial charge in [0.05, 0.1) is 17.0 Å². The van der Waals surface area contributed by atoms with Crippen LogP contribution in [0.3, 0.4) is 0 Å². The fourth-order valence-corrected chi connectivity index (χ4v) is 3.06. The molecule has 6 nitrogen and oxygen atoms in total. The summed E-state index contributed by atoms with van der Waals surface area (Å²) in [4.78, 5) is 12.9. The molecule has 3 heterocycles. The number of tetrazole rings is 1. The van der Waals surface area contributed by atoms with Gasteiger partial charge in [-0.2, -0.15) is 5.21 Å². The number of aromatic amines is 1. The molecule has 1 amide bonds. The van der Waals surface area contributed by atoms with Crippen LogP contribution >= 0.6 is 11.8 Å². The van der Waals surface area contributed by atoms with Crippen LogP contribution in [-0.2, 0) is 4.79 Å². The minimum Gasteiger partial charge on any atom is -0.328 e. The van der Waals surface area contributed by atoms with E-state index in [9.17, 15) is 4.79 Å². The van der Waals surface area contributed by atoms with E-state index in [1.807, 2.05) is 4.90 Å². The number of nitrogens with one attached hydrogen (secondary N) is 1. The van der Waals surface area contributed by atoms with Crippen molar-refractivity contribution in [2.24, 2.45) is 0 Å². The maximum atomic E-state index is 11.1. The van der Waals surface area contributed by atoms with Gasteiger partial charge in [0.15, 0.2) is 5.82 Å². The molecule has 68 valence electrons. The van der Waals surface area contributed by atoms with E-state index >= 15 is 0 Å². The molecule has 1 aromatic rings. The van der Waals surface area contributed by atoms with Crippen molar-refractivity contribution in [2.75, 3.05) is 6.54 Å². The average Bonchev–Trinajstić information content (AvgIpc) is 2.69. The van der Waals surface area contributed by atoms with Gasteiger partial charge in [-0.1, -0.05) is 5.21 Å². The summed E-state index contributed by atoms with van der Waals surface area (Å²) in [6.07, 6.45) is 0.666. The Bertz CT molecular complexity index is 339. The summed E-state index contributed by atoms with van der Waals surface area (Å²) in [5, 5.41) is 14.3. The topological polar surface area (TPSA) is 74.8 Å². The van der Waals surface area contributed by atoms with E-state index < -0.39 is 0 Å². The summed E-state index contributed by atoms with van der Waals surface area (Å²) >= 11 is 1.74. The first-order valence-electron chi connectivity index (χ1n) is 4.03. The standard InChI is InChI=1S/C6H7N5OS/c12-4-1-5-11(4)2-3(13-5)6-7-9-10-8-6/h3,5H,1-2H2,(H,7,8,9,10)/t3?,5-/m1/s1. The average molecular weight is 197 g/mol. The second kappa shape index (κ2) is 2.44. The van der Waals surface area contributed by atoms with Crippen LogP contribution < -0.4 is 0 Å². The Kier molecular flexibility index (Phi) is 1.37. The number of H-pyrrole nitrogens is 1. The van der Waals surface area contributed by atoms with Gasteiger partial charge >= 0.3 is 0 Å². The molecule has 2 saturated heterocycles. The Morgan fingerprint density at radius 2 is 2.54 bits per heavy atom. The van der Waals surface area contributed by atoms with Crippen molar-refractivity contribution in [2.45, 2.75) is 17.0 Å². The summed E-state index contributed by atoms with van der Waals surface area (Å²) in [5.41, 5.74) is 0. The van der Waals surface area contributed by atoms with E-state index in [1.54, 1.807) is 11.8 Å². The van der Waals surface area contributed by atoms with Gasteiger partial charge in [-0.15, -0.1) is 22.0 Å². The second-order valence-corrected chi connectivity index (χ2v) is 4.48. The molecular weight excluding hydrogens is 190 g/mol. The number of rotatable bonds is 1. The van der Waals surface area contributed by atoms with Crippen molar-refractivity contribution in [3.05, 3.63) is 5.82 Å². The Morgan fingerprint density at radius 3 is 3.15 bits per heavy atom. The number of nitrogens with zero attached hydrogens (tertiary/aromatic N) is 4. The fraction of sp³-hybridized carbons (Fsp3) is 0.667. The Morgan fingerprint density at radius 1 is 1.62 bits per heavy atom. The third-order valence-electron chi connectivity index (χ3n) is 2.35. The summed E-state index contributed by atoms with van der Waals surface area (Å²) < 4.78 is 0. The number of hydrogen-bond donors (Lipinski definition) is 1. The zero-order chi connectivity index (χ0) is 8.84. The summed E-state index contributed by atoms with van der Waals surface area (Å²) in [5.74, 6) is 0.940. The predicted octanol–water partition coefficient (Wildman–Crippen LogP) is -0.454. The van der Waals surface area contributed by atoms with E-state index in [-0.39, 0.29) is 11.2 Å². The van der Waals surface area contributed by atoms with E-state index in [4.69, 9.17) is 0 Å². The van der Waals surface area contributed by atoms with Gasteiger partial charge in [-0.05, 0) is 0 Å². The van der Waals surface area contributed by atoms with Crippen LogP contribution in [0.5, 0.6) is 0 Å². The van der Waals surface area contributed by atoms with Crippen LogP contribution in [0.1, 0.15) is 17.5 Å². The van der Waals surface area contributed by atoms with Gasteiger partial charge in [-0.25, -0.2) is 0 Å². The molecule has 2 fully saturated rings. The van der Waals surface area contributed by atoms with Gasteiger partial charge in [0, 0.05) is 6.54 Å². The zero-order valence-corrected chi connectivity index (χ0v) is 7.49. The van der Waals surface area contributed by atoms with E-state index in [0.717, 1.165) is 6.54 Å². The molecule has 0 radical (unpaired) electrons. The number of aromatic nitrogens is 4. The number of amides is 1. The fourth-order valence-electron chi connectivity index (χ4n) is 1.63. The first kappa shape index (κ1) is 7.31. The molecule has 7 heteroatoms. The van der Waals surface area contributed by atoms with E-state index in [1.165, 1.54) is 0 Å². The van der Waals surface area contributed by atoms with Crippen LogP contribution in [0.4, 0.5) is 0 Å². The molecule has 1 aromatic heterocycles. The summed E-state index contributed by atoms with van der Waals surface area (Å²) in [6, 6.07) is 0. The number of carbonyl (C=O) groups is 1. The van der Waals surface area contributed by atoms with Crippen molar-refractivity contribution in [3.63, 3.8) is 0 Å². The lowest BCUT2D eigenvalue weighted by Crippen LogP contribution is -2.46. The highest BCUT2D eigenvalue weighted by molar-refractivity contribution is 8.00. The molecule has 13 heavy (non-hydrogen) atoms. The maximum Gasteiger partial charge on any atom is 0.226 e. The van der Waals surface area contributed by atoms with Crippen molar-refractivity contribution < 1.29 is 4.79 Å². The molecule has 1 N–H and O–H groups in total. The molecule has 0 saturated carbocycles. The van der Waals surface area contributed by atoms with Crippen molar-refractivity contribution in [1.29, 1.82) is 0 Å². The molecule has 2 aliphatic rings. The van der Waals surface area contributed by atoms with Crippen molar-refractivity contribution in [3.8, 4) is 0 Å². The Labute approximate surface area is 78.1 Å². The smallest absolute Gasteiger partial charge is 0.226 e. The number of hydrogen-bond acceptors (Lipinski definition) is 5. The monoisotopic (exact) mass is 197 g/mol. The van der Waals surface area contributed by atoms with Gasteiger partial charge in [-0.3, -0.25) is 4.79 Å². The van der Waals surface area contributed by atoms with E-state index in [2.05, 4.69) is 20.6 Å². The predicted molar refractivity (Wildman–Crippen MR) is 44.6 cm³/mol. The molecular formula is C6H7N5OS. The molecule has 2 atom stereocenters. The first-order valence-corrected chi connectivity index (χ1v) is 4.97. The van der Waals surface area contributed by atoms with Gasteiger partial charge in [0.2, 0.25) is 5.91 Å².